The van der Waals surface area contributed by atoms with E-state index in [1.807, 2.05) is 54.6 Å². The third-order valence-electron chi connectivity index (χ3n) is 5.84. The molecule has 1 heterocycles. The van der Waals surface area contributed by atoms with Crippen LogP contribution in [0, 0.1) is 0 Å². The van der Waals surface area contributed by atoms with Crippen molar-refractivity contribution in [3.63, 3.8) is 0 Å². The van der Waals surface area contributed by atoms with Crippen molar-refractivity contribution in [1.29, 1.82) is 0 Å². The second kappa shape index (κ2) is 10.1. The molecule has 0 spiro atoms. The zero-order valence-electron chi connectivity index (χ0n) is 18.7. The number of sulfone groups is 1. The van der Waals surface area contributed by atoms with E-state index in [-0.39, 0.29) is 5.91 Å². The molecule has 0 fully saturated rings. The molecule has 5 nitrogen and oxygen atoms in total. The van der Waals surface area contributed by atoms with E-state index >= 15 is 0 Å². The molecule has 0 bridgehead atoms. The van der Waals surface area contributed by atoms with Crippen molar-refractivity contribution < 1.29 is 13.2 Å². The van der Waals surface area contributed by atoms with Gasteiger partial charge >= 0.3 is 0 Å². The molecule has 0 radical (unpaired) electrons. The fourth-order valence-corrected chi connectivity index (χ4v) is 4.60. The van der Waals surface area contributed by atoms with Crippen molar-refractivity contribution in [3.8, 4) is 0 Å². The Hall–Kier alpha value is -3.22. The van der Waals surface area contributed by atoms with E-state index in [9.17, 15) is 13.2 Å². The van der Waals surface area contributed by atoms with Gasteiger partial charge in [-0.2, -0.15) is 0 Å². The van der Waals surface area contributed by atoms with E-state index in [0.717, 1.165) is 37.2 Å². The maximum absolute atomic E-state index is 12.3. The quantitative estimate of drug-likeness (QED) is 0.571. The van der Waals surface area contributed by atoms with E-state index < -0.39 is 9.84 Å². The number of benzene rings is 3. The molecule has 33 heavy (non-hydrogen) atoms. The van der Waals surface area contributed by atoms with Crippen molar-refractivity contribution in [2.24, 2.45) is 0 Å². The Balaban J connectivity index is 1.34. The highest BCUT2D eigenvalue weighted by Gasteiger charge is 2.14. The van der Waals surface area contributed by atoms with E-state index in [4.69, 9.17) is 0 Å². The van der Waals surface area contributed by atoms with Gasteiger partial charge in [0.1, 0.15) is 0 Å². The largest absolute Gasteiger partial charge is 0.348 e. The lowest BCUT2D eigenvalue weighted by Gasteiger charge is -2.26. The smallest absolute Gasteiger partial charge is 0.251 e. The summed E-state index contributed by atoms with van der Waals surface area (Å²) in [6, 6.07) is 24.7. The summed E-state index contributed by atoms with van der Waals surface area (Å²) in [6.45, 7) is 3.07. The number of carbonyl (C=O) groups is 1. The van der Waals surface area contributed by atoms with Gasteiger partial charge in [0, 0.05) is 38.0 Å². The maximum Gasteiger partial charge on any atom is 0.251 e. The summed E-state index contributed by atoms with van der Waals surface area (Å²) in [7, 11) is -3.16. The molecule has 3 aromatic rings. The van der Waals surface area contributed by atoms with Gasteiger partial charge in [-0.1, -0.05) is 54.6 Å². The zero-order chi connectivity index (χ0) is 23.3. The Morgan fingerprint density at radius 2 is 1.70 bits per heavy atom. The monoisotopic (exact) mass is 460 g/mol. The number of amides is 1. The second-order valence-corrected chi connectivity index (χ2v) is 10.4. The SMILES string of the molecule is CS(=O)(=O)c1ccc(CN2CC=C(c3cccc(CNC(=O)c4ccccc4)c3)CC2)cc1. The molecule has 3 aromatic carbocycles. The Labute approximate surface area is 195 Å². The van der Waals surface area contributed by atoms with E-state index in [0.29, 0.717) is 17.0 Å². The van der Waals surface area contributed by atoms with Crippen molar-refractivity contribution in [2.75, 3.05) is 19.3 Å². The normalized spacial score (nSPS) is 14.5. The number of rotatable bonds is 7. The lowest BCUT2D eigenvalue weighted by atomic mass is 9.97. The summed E-state index contributed by atoms with van der Waals surface area (Å²) in [6.07, 6.45) is 4.43. The van der Waals surface area contributed by atoms with Crippen LogP contribution in [-0.4, -0.2) is 38.6 Å². The van der Waals surface area contributed by atoms with Crippen molar-refractivity contribution in [3.05, 3.63) is 107 Å². The third kappa shape index (κ3) is 6.18. The summed E-state index contributed by atoms with van der Waals surface area (Å²) in [5.74, 6) is -0.0712. The molecule has 4 rings (SSSR count). The zero-order valence-corrected chi connectivity index (χ0v) is 19.5. The Bertz CT molecular complexity index is 1250. The van der Waals surface area contributed by atoms with Crippen LogP contribution in [0.3, 0.4) is 0 Å². The average Bonchev–Trinajstić information content (AvgIpc) is 2.83. The summed E-state index contributed by atoms with van der Waals surface area (Å²) >= 11 is 0. The first-order chi connectivity index (χ1) is 15.9. The van der Waals surface area contributed by atoms with Gasteiger partial charge in [-0.15, -0.1) is 0 Å². The maximum atomic E-state index is 12.3. The third-order valence-corrected chi connectivity index (χ3v) is 6.97. The molecule has 0 aliphatic carbocycles. The van der Waals surface area contributed by atoms with Crippen LogP contribution in [-0.2, 0) is 22.9 Å². The number of hydrogen-bond acceptors (Lipinski definition) is 4. The lowest BCUT2D eigenvalue weighted by molar-refractivity contribution is 0.0951. The first-order valence-electron chi connectivity index (χ1n) is 11.0. The van der Waals surface area contributed by atoms with Crippen LogP contribution in [0.1, 0.15) is 33.5 Å². The van der Waals surface area contributed by atoms with Gasteiger partial charge in [0.25, 0.3) is 5.91 Å². The lowest BCUT2D eigenvalue weighted by Crippen LogP contribution is -2.28. The topological polar surface area (TPSA) is 66.5 Å². The minimum atomic E-state index is -3.16. The first-order valence-corrected chi connectivity index (χ1v) is 12.9. The molecule has 0 saturated heterocycles. The number of nitrogens with zero attached hydrogens (tertiary/aromatic N) is 1. The number of hydrogen-bond donors (Lipinski definition) is 1. The first kappa shape index (κ1) is 23.0. The molecule has 0 aromatic heterocycles. The average molecular weight is 461 g/mol. The van der Waals surface area contributed by atoms with Gasteiger partial charge in [0.15, 0.2) is 9.84 Å². The number of carbonyl (C=O) groups excluding carboxylic acids is 1. The molecule has 6 heteroatoms. The van der Waals surface area contributed by atoms with Gasteiger partial charge in [0.2, 0.25) is 0 Å². The molecule has 1 amide bonds. The van der Waals surface area contributed by atoms with Gasteiger partial charge in [0.05, 0.1) is 4.90 Å². The minimum Gasteiger partial charge on any atom is -0.348 e. The standard InChI is InChI=1S/C27H28N2O3S/c1-33(31,32)26-12-10-21(11-13-26)20-29-16-14-23(15-17-29)25-9-5-6-22(18-25)19-28-27(30)24-7-3-2-4-8-24/h2-14,18H,15-17,19-20H2,1H3,(H,28,30). The summed E-state index contributed by atoms with van der Waals surface area (Å²) in [5.41, 5.74) is 5.35. The molecule has 0 atom stereocenters. The molecule has 1 aliphatic heterocycles. The molecule has 0 unspecified atom stereocenters. The van der Waals surface area contributed by atoms with Crippen LogP contribution >= 0.6 is 0 Å². The van der Waals surface area contributed by atoms with Crippen LogP contribution in [0.15, 0.2) is 89.8 Å². The van der Waals surface area contributed by atoms with Crippen molar-refractivity contribution >= 4 is 21.3 Å². The molecular formula is C27H28N2O3S. The number of nitrogens with one attached hydrogen (secondary N) is 1. The van der Waals surface area contributed by atoms with Crippen LogP contribution in [0.25, 0.3) is 5.57 Å². The summed E-state index contributed by atoms with van der Waals surface area (Å²) in [5, 5.41) is 2.99. The molecule has 1 N–H and O–H groups in total. The molecule has 1 aliphatic rings. The molecule has 170 valence electrons. The highest BCUT2D eigenvalue weighted by Crippen LogP contribution is 2.24. The highest BCUT2D eigenvalue weighted by molar-refractivity contribution is 7.90. The predicted octanol–water partition coefficient (Wildman–Crippen LogP) is 4.31. The Kier molecular flexibility index (Phi) is 7.06. The van der Waals surface area contributed by atoms with Crippen LogP contribution < -0.4 is 5.32 Å². The van der Waals surface area contributed by atoms with E-state index in [1.165, 1.54) is 17.4 Å². The fraction of sp³-hybridized carbons (Fsp3) is 0.222. The van der Waals surface area contributed by atoms with Crippen LogP contribution in [0.4, 0.5) is 0 Å². The Morgan fingerprint density at radius 3 is 2.36 bits per heavy atom. The second-order valence-electron chi connectivity index (χ2n) is 8.38. The summed E-state index contributed by atoms with van der Waals surface area (Å²) < 4.78 is 23.3. The Morgan fingerprint density at radius 1 is 0.939 bits per heavy atom. The van der Waals surface area contributed by atoms with Crippen LogP contribution in [0.2, 0.25) is 0 Å². The van der Waals surface area contributed by atoms with Gasteiger partial charge in [-0.25, -0.2) is 8.42 Å². The molecular weight excluding hydrogens is 432 g/mol. The molecule has 0 saturated carbocycles. The van der Waals surface area contributed by atoms with Crippen molar-refractivity contribution in [1.82, 2.24) is 10.2 Å². The predicted molar refractivity (Wildman–Crippen MR) is 131 cm³/mol. The fourth-order valence-electron chi connectivity index (χ4n) is 3.97. The van der Waals surface area contributed by atoms with Crippen LogP contribution in [0.5, 0.6) is 0 Å². The van der Waals surface area contributed by atoms with Gasteiger partial charge < -0.3 is 5.32 Å². The van der Waals surface area contributed by atoms with E-state index in [1.54, 1.807) is 12.1 Å². The van der Waals surface area contributed by atoms with E-state index in [2.05, 4.69) is 28.4 Å². The van der Waals surface area contributed by atoms with Gasteiger partial charge in [-0.05, 0) is 59.0 Å². The summed E-state index contributed by atoms with van der Waals surface area (Å²) in [4.78, 5) is 15.0. The highest BCUT2D eigenvalue weighted by atomic mass is 32.2. The minimum absolute atomic E-state index is 0.0712. The van der Waals surface area contributed by atoms with Gasteiger partial charge in [-0.3, -0.25) is 9.69 Å². The van der Waals surface area contributed by atoms with Crippen molar-refractivity contribution in [2.45, 2.75) is 24.4 Å².